The molecule has 0 aliphatic heterocycles. The number of carbonyl (C=O) groups is 1. The van der Waals surface area contributed by atoms with Gasteiger partial charge in [0, 0.05) is 18.0 Å². The van der Waals surface area contributed by atoms with Crippen LogP contribution >= 0.6 is 0 Å². The van der Waals surface area contributed by atoms with Crippen LogP contribution in [0, 0.1) is 5.92 Å². The molecular formula is C11H20N4O2. The summed E-state index contributed by atoms with van der Waals surface area (Å²) in [4.78, 5) is 15.7. The monoisotopic (exact) mass is 240 g/mol. The van der Waals surface area contributed by atoms with Crippen molar-refractivity contribution in [2.24, 2.45) is 22.4 Å². The summed E-state index contributed by atoms with van der Waals surface area (Å²) >= 11 is 0. The van der Waals surface area contributed by atoms with E-state index in [1.54, 1.807) is 0 Å². The van der Waals surface area contributed by atoms with Crippen molar-refractivity contribution in [1.29, 1.82) is 0 Å². The first-order valence-corrected chi connectivity index (χ1v) is 5.54. The van der Waals surface area contributed by atoms with Gasteiger partial charge in [-0.2, -0.15) is 0 Å². The molecule has 0 aromatic heterocycles. The molecule has 0 fully saturated rings. The fourth-order valence-electron chi connectivity index (χ4n) is 2.25. The van der Waals surface area contributed by atoms with Crippen molar-refractivity contribution in [3.63, 3.8) is 0 Å². The first-order valence-electron chi connectivity index (χ1n) is 5.54. The van der Waals surface area contributed by atoms with E-state index in [4.69, 9.17) is 16.2 Å². The van der Waals surface area contributed by atoms with E-state index in [2.05, 4.69) is 10.3 Å². The third-order valence-corrected chi connectivity index (χ3v) is 2.97. The molecule has 0 aromatic carbocycles. The number of ether oxygens (including phenoxy) is 1. The lowest BCUT2D eigenvalue weighted by atomic mass is 9.83. The summed E-state index contributed by atoms with van der Waals surface area (Å²) in [6.07, 6.45) is 2.39. The Morgan fingerprint density at radius 2 is 2.24 bits per heavy atom. The van der Waals surface area contributed by atoms with Crippen LogP contribution in [-0.2, 0) is 9.53 Å². The van der Waals surface area contributed by atoms with Crippen molar-refractivity contribution >= 4 is 11.9 Å². The maximum Gasteiger partial charge on any atom is 0.333 e. The number of hydrogen-bond acceptors (Lipinski definition) is 4. The third-order valence-electron chi connectivity index (χ3n) is 2.97. The second-order valence-electron chi connectivity index (χ2n) is 4.18. The van der Waals surface area contributed by atoms with E-state index in [0.29, 0.717) is 12.0 Å². The molecule has 0 saturated heterocycles. The Bertz CT molecular complexity index is 347. The molecule has 0 saturated carbocycles. The smallest absolute Gasteiger partial charge is 0.333 e. The lowest BCUT2D eigenvalue weighted by Crippen LogP contribution is -2.46. The van der Waals surface area contributed by atoms with Crippen LogP contribution in [0.2, 0.25) is 0 Å². The van der Waals surface area contributed by atoms with Gasteiger partial charge in [-0.25, -0.2) is 9.79 Å². The van der Waals surface area contributed by atoms with E-state index in [1.807, 2.05) is 20.0 Å². The molecule has 3 unspecified atom stereocenters. The average Bonchev–Trinajstić information content (AvgIpc) is 2.26. The lowest BCUT2D eigenvalue weighted by molar-refractivity contribution is -0.136. The van der Waals surface area contributed by atoms with E-state index in [0.717, 1.165) is 0 Å². The van der Waals surface area contributed by atoms with Gasteiger partial charge in [-0.05, 0) is 13.0 Å². The second kappa shape index (κ2) is 5.67. The summed E-state index contributed by atoms with van der Waals surface area (Å²) in [5, 5.41) is 3.17. The Morgan fingerprint density at radius 1 is 1.59 bits per heavy atom. The fraction of sp³-hybridized carbons (Fsp3) is 0.636. The number of guanidine groups is 1. The minimum atomic E-state index is -0.317. The Balaban J connectivity index is 2.96. The van der Waals surface area contributed by atoms with Crippen LogP contribution in [0.3, 0.4) is 0 Å². The van der Waals surface area contributed by atoms with Crippen LogP contribution in [-0.4, -0.2) is 38.2 Å². The van der Waals surface area contributed by atoms with Gasteiger partial charge < -0.3 is 21.5 Å². The molecule has 5 N–H and O–H groups in total. The molecule has 17 heavy (non-hydrogen) atoms. The van der Waals surface area contributed by atoms with Gasteiger partial charge >= 0.3 is 5.97 Å². The highest BCUT2D eigenvalue weighted by Crippen LogP contribution is 2.26. The van der Waals surface area contributed by atoms with Crippen LogP contribution in [0.15, 0.2) is 16.6 Å². The summed E-state index contributed by atoms with van der Waals surface area (Å²) in [6, 6.07) is -0.0235. The molecule has 6 heteroatoms. The van der Waals surface area contributed by atoms with E-state index < -0.39 is 0 Å². The van der Waals surface area contributed by atoms with Crippen molar-refractivity contribution in [3.8, 4) is 0 Å². The first kappa shape index (κ1) is 13.5. The minimum absolute atomic E-state index is 0.0357. The largest absolute Gasteiger partial charge is 0.466 e. The Hall–Kier alpha value is -1.56. The summed E-state index contributed by atoms with van der Waals surface area (Å²) in [5.74, 6) is -0.119. The summed E-state index contributed by atoms with van der Waals surface area (Å²) in [5.41, 5.74) is 11.4. The Morgan fingerprint density at radius 3 is 2.71 bits per heavy atom. The van der Waals surface area contributed by atoms with Gasteiger partial charge in [-0.15, -0.1) is 0 Å². The van der Waals surface area contributed by atoms with E-state index in [9.17, 15) is 4.79 Å². The van der Waals surface area contributed by atoms with Crippen LogP contribution in [0.5, 0.6) is 0 Å². The minimum Gasteiger partial charge on any atom is -0.466 e. The number of nitrogens with two attached hydrogens (primary N) is 2. The summed E-state index contributed by atoms with van der Waals surface area (Å²) < 4.78 is 4.72. The number of rotatable bonds is 3. The van der Waals surface area contributed by atoms with E-state index >= 15 is 0 Å². The van der Waals surface area contributed by atoms with Gasteiger partial charge in [0.1, 0.15) is 0 Å². The average molecular weight is 240 g/mol. The Labute approximate surface area is 101 Å². The summed E-state index contributed by atoms with van der Waals surface area (Å²) in [6.45, 7) is 2.01. The number of esters is 1. The van der Waals surface area contributed by atoms with Gasteiger partial charge in [0.25, 0.3) is 0 Å². The standard InChI is InChI=1S/C11H20N4O2/c1-6-4-7(10(16)17-3)5-8(9(6)14-2)15-11(12)13/h4,6,8-9,14H,5H2,1-3H3,(H4,12,13,15). The predicted octanol–water partition coefficient (Wildman–Crippen LogP) is -0.644. The van der Waals surface area contributed by atoms with Gasteiger partial charge in [0.2, 0.25) is 0 Å². The number of aliphatic imine (C=N–C) groups is 1. The number of nitrogens with one attached hydrogen (secondary N) is 1. The second-order valence-corrected chi connectivity index (χ2v) is 4.18. The molecular weight excluding hydrogens is 220 g/mol. The van der Waals surface area contributed by atoms with Crippen LogP contribution in [0.4, 0.5) is 0 Å². The van der Waals surface area contributed by atoms with Gasteiger partial charge in [0.15, 0.2) is 5.96 Å². The van der Waals surface area contributed by atoms with E-state index in [1.165, 1.54) is 7.11 Å². The summed E-state index contributed by atoms with van der Waals surface area (Å²) in [7, 11) is 3.22. The topological polar surface area (TPSA) is 103 Å². The highest BCUT2D eigenvalue weighted by Gasteiger charge is 2.32. The van der Waals surface area contributed by atoms with Crippen LogP contribution in [0.25, 0.3) is 0 Å². The number of likely N-dealkylation sites (N-methyl/N-ethyl adjacent to an activating group) is 1. The lowest BCUT2D eigenvalue weighted by Gasteiger charge is -2.32. The zero-order valence-corrected chi connectivity index (χ0v) is 10.4. The molecule has 0 bridgehead atoms. The van der Waals surface area contributed by atoms with Crippen molar-refractivity contribution in [3.05, 3.63) is 11.6 Å². The van der Waals surface area contributed by atoms with E-state index in [-0.39, 0.29) is 29.9 Å². The maximum atomic E-state index is 11.5. The number of hydrogen-bond donors (Lipinski definition) is 3. The molecule has 3 atom stereocenters. The molecule has 0 radical (unpaired) electrons. The maximum absolute atomic E-state index is 11.5. The highest BCUT2D eigenvalue weighted by molar-refractivity contribution is 5.89. The molecule has 0 spiro atoms. The Kier molecular flexibility index (Phi) is 4.51. The number of nitrogens with zero attached hydrogens (tertiary/aromatic N) is 1. The SMILES string of the molecule is CNC1C(C)C=C(C(=O)OC)CC1N=C(N)N. The van der Waals surface area contributed by atoms with Crippen molar-refractivity contribution in [1.82, 2.24) is 5.32 Å². The molecule has 0 heterocycles. The predicted molar refractivity (Wildman–Crippen MR) is 66.3 cm³/mol. The highest BCUT2D eigenvalue weighted by atomic mass is 16.5. The number of carbonyl (C=O) groups excluding carboxylic acids is 1. The quantitative estimate of drug-likeness (QED) is 0.346. The molecule has 96 valence electrons. The van der Waals surface area contributed by atoms with Gasteiger partial charge in [-0.3, -0.25) is 0 Å². The molecule has 1 rings (SSSR count). The third kappa shape index (κ3) is 3.20. The number of methoxy groups -OCH3 is 1. The van der Waals surface area contributed by atoms with Gasteiger partial charge in [0.05, 0.1) is 13.2 Å². The normalized spacial score (nSPS) is 28.2. The van der Waals surface area contributed by atoms with Crippen molar-refractivity contribution in [2.45, 2.75) is 25.4 Å². The van der Waals surface area contributed by atoms with Crippen LogP contribution in [0.1, 0.15) is 13.3 Å². The van der Waals surface area contributed by atoms with Crippen molar-refractivity contribution < 1.29 is 9.53 Å². The molecule has 1 aliphatic carbocycles. The zero-order chi connectivity index (χ0) is 13.0. The molecule has 0 amide bonds. The zero-order valence-electron chi connectivity index (χ0n) is 10.4. The fourth-order valence-corrected chi connectivity index (χ4v) is 2.25. The van der Waals surface area contributed by atoms with Crippen LogP contribution < -0.4 is 16.8 Å². The van der Waals surface area contributed by atoms with Crippen molar-refractivity contribution in [2.75, 3.05) is 14.2 Å². The molecule has 0 aromatic rings. The molecule has 1 aliphatic rings. The first-order chi connectivity index (χ1) is 7.99. The van der Waals surface area contributed by atoms with Gasteiger partial charge in [-0.1, -0.05) is 13.0 Å². The molecule has 6 nitrogen and oxygen atoms in total.